The van der Waals surface area contributed by atoms with E-state index in [2.05, 4.69) is 5.32 Å². The SMILES string of the molecule is Nc1ccc(C(=O)Nc2cccc(OC3CCCC3)c2)cc1. The van der Waals surface area contributed by atoms with E-state index in [-0.39, 0.29) is 5.91 Å². The number of carbonyl (C=O) groups is 1. The van der Waals surface area contributed by atoms with Gasteiger partial charge in [-0.05, 0) is 62.1 Å². The topological polar surface area (TPSA) is 64.4 Å². The molecule has 1 amide bonds. The van der Waals surface area contributed by atoms with Crippen LogP contribution in [-0.4, -0.2) is 12.0 Å². The van der Waals surface area contributed by atoms with E-state index in [1.165, 1.54) is 12.8 Å². The molecule has 1 aliphatic carbocycles. The third kappa shape index (κ3) is 3.58. The zero-order chi connectivity index (χ0) is 15.4. The normalized spacial score (nSPS) is 14.7. The molecule has 1 aliphatic rings. The second-order valence-corrected chi connectivity index (χ2v) is 5.63. The number of nitrogens with one attached hydrogen (secondary N) is 1. The van der Waals surface area contributed by atoms with Gasteiger partial charge in [-0.15, -0.1) is 0 Å². The van der Waals surface area contributed by atoms with Gasteiger partial charge < -0.3 is 15.8 Å². The molecule has 0 aromatic heterocycles. The first-order valence-electron chi connectivity index (χ1n) is 7.64. The minimum atomic E-state index is -0.155. The lowest BCUT2D eigenvalue weighted by atomic mass is 10.2. The van der Waals surface area contributed by atoms with Crippen molar-refractivity contribution in [1.82, 2.24) is 0 Å². The van der Waals surface area contributed by atoms with Gasteiger partial charge in [0.2, 0.25) is 0 Å². The minimum Gasteiger partial charge on any atom is -0.490 e. The van der Waals surface area contributed by atoms with Crippen LogP contribution in [0.1, 0.15) is 36.0 Å². The molecule has 2 aromatic carbocycles. The number of rotatable bonds is 4. The van der Waals surface area contributed by atoms with Gasteiger partial charge in [0.25, 0.3) is 5.91 Å². The fourth-order valence-electron chi connectivity index (χ4n) is 2.68. The summed E-state index contributed by atoms with van der Waals surface area (Å²) in [5, 5.41) is 2.88. The monoisotopic (exact) mass is 296 g/mol. The second kappa shape index (κ2) is 6.52. The summed E-state index contributed by atoms with van der Waals surface area (Å²) >= 11 is 0. The molecule has 3 rings (SSSR count). The Hall–Kier alpha value is -2.49. The fourth-order valence-corrected chi connectivity index (χ4v) is 2.68. The minimum absolute atomic E-state index is 0.155. The third-order valence-electron chi connectivity index (χ3n) is 3.87. The van der Waals surface area contributed by atoms with Crippen molar-refractivity contribution in [2.24, 2.45) is 0 Å². The molecular formula is C18H20N2O2. The van der Waals surface area contributed by atoms with E-state index >= 15 is 0 Å². The molecule has 3 N–H and O–H groups in total. The third-order valence-corrected chi connectivity index (χ3v) is 3.87. The molecule has 1 fully saturated rings. The van der Waals surface area contributed by atoms with Crippen LogP contribution in [0.25, 0.3) is 0 Å². The Morgan fingerprint density at radius 2 is 1.82 bits per heavy atom. The highest BCUT2D eigenvalue weighted by molar-refractivity contribution is 6.04. The number of hydrogen-bond donors (Lipinski definition) is 2. The summed E-state index contributed by atoms with van der Waals surface area (Å²) in [4.78, 5) is 12.2. The van der Waals surface area contributed by atoms with Crippen LogP contribution in [0.5, 0.6) is 5.75 Å². The molecule has 0 saturated heterocycles. The van der Waals surface area contributed by atoms with Crippen LogP contribution in [0.4, 0.5) is 11.4 Å². The predicted molar refractivity (Wildman–Crippen MR) is 88.1 cm³/mol. The fraction of sp³-hybridized carbons (Fsp3) is 0.278. The van der Waals surface area contributed by atoms with Crippen molar-refractivity contribution in [2.45, 2.75) is 31.8 Å². The van der Waals surface area contributed by atoms with Crippen LogP contribution < -0.4 is 15.8 Å². The maximum Gasteiger partial charge on any atom is 0.255 e. The van der Waals surface area contributed by atoms with Crippen molar-refractivity contribution < 1.29 is 9.53 Å². The number of nitrogens with two attached hydrogens (primary N) is 1. The summed E-state index contributed by atoms with van der Waals surface area (Å²) < 4.78 is 5.95. The van der Waals surface area contributed by atoms with Gasteiger partial charge in [0.05, 0.1) is 6.10 Å². The second-order valence-electron chi connectivity index (χ2n) is 5.63. The van der Waals surface area contributed by atoms with Crippen LogP contribution in [0.3, 0.4) is 0 Å². The summed E-state index contributed by atoms with van der Waals surface area (Å²) in [6.07, 6.45) is 5.00. The van der Waals surface area contributed by atoms with Crippen LogP contribution >= 0.6 is 0 Å². The molecule has 114 valence electrons. The van der Waals surface area contributed by atoms with Crippen molar-refractivity contribution in [2.75, 3.05) is 11.1 Å². The molecule has 0 bridgehead atoms. The van der Waals surface area contributed by atoms with E-state index in [9.17, 15) is 4.79 Å². The number of hydrogen-bond acceptors (Lipinski definition) is 3. The predicted octanol–water partition coefficient (Wildman–Crippen LogP) is 3.84. The maximum atomic E-state index is 12.2. The number of nitrogen functional groups attached to an aromatic ring is 1. The Balaban J connectivity index is 1.66. The average molecular weight is 296 g/mol. The summed E-state index contributed by atoms with van der Waals surface area (Å²) in [5.74, 6) is 0.653. The van der Waals surface area contributed by atoms with E-state index in [0.29, 0.717) is 17.4 Å². The molecule has 1 saturated carbocycles. The van der Waals surface area contributed by atoms with Gasteiger partial charge in [0.1, 0.15) is 5.75 Å². The standard InChI is InChI=1S/C18H20N2O2/c19-14-10-8-13(9-11-14)18(21)20-15-4-3-7-17(12-15)22-16-5-1-2-6-16/h3-4,7-12,16H,1-2,5-6,19H2,(H,20,21). The largest absolute Gasteiger partial charge is 0.490 e. The van der Waals surface area contributed by atoms with Crippen LogP contribution in [0.15, 0.2) is 48.5 Å². The number of carbonyl (C=O) groups excluding carboxylic acids is 1. The van der Waals surface area contributed by atoms with Gasteiger partial charge >= 0.3 is 0 Å². The molecular weight excluding hydrogens is 276 g/mol. The Kier molecular flexibility index (Phi) is 4.28. The molecule has 0 spiro atoms. The molecule has 4 nitrogen and oxygen atoms in total. The summed E-state index contributed by atoms with van der Waals surface area (Å²) in [6.45, 7) is 0. The first-order chi connectivity index (χ1) is 10.7. The lowest BCUT2D eigenvalue weighted by molar-refractivity contribution is 0.102. The highest BCUT2D eigenvalue weighted by Crippen LogP contribution is 2.26. The lowest BCUT2D eigenvalue weighted by Gasteiger charge is -2.14. The van der Waals surface area contributed by atoms with Gasteiger partial charge in [-0.2, -0.15) is 0 Å². The van der Waals surface area contributed by atoms with E-state index < -0.39 is 0 Å². The molecule has 22 heavy (non-hydrogen) atoms. The summed E-state index contributed by atoms with van der Waals surface area (Å²) in [5.41, 5.74) is 7.58. The van der Waals surface area contributed by atoms with Crippen molar-refractivity contribution in [1.29, 1.82) is 0 Å². The first-order valence-corrected chi connectivity index (χ1v) is 7.64. The first kappa shape index (κ1) is 14.4. The van der Waals surface area contributed by atoms with Crippen molar-refractivity contribution in [3.05, 3.63) is 54.1 Å². The highest BCUT2D eigenvalue weighted by atomic mass is 16.5. The Bertz CT molecular complexity index is 646. The van der Waals surface area contributed by atoms with Gasteiger partial charge in [0.15, 0.2) is 0 Å². The van der Waals surface area contributed by atoms with E-state index in [1.54, 1.807) is 24.3 Å². The maximum absolute atomic E-state index is 12.2. The number of amides is 1. The molecule has 0 atom stereocenters. The zero-order valence-electron chi connectivity index (χ0n) is 12.4. The van der Waals surface area contributed by atoms with Gasteiger partial charge in [0, 0.05) is 23.0 Å². The highest BCUT2D eigenvalue weighted by Gasteiger charge is 2.16. The van der Waals surface area contributed by atoms with Crippen LogP contribution in [-0.2, 0) is 0 Å². The molecule has 4 heteroatoms. The smallest absolute Gasteiger partial charge is 0.255 e. The van der Waals surface area contributed by atoms with Gasteiger partial charge in [-0.25, -0.2) is 0 Å². The van der Waals surface area contributed by atoms with Crippen molar-refractivity contribution >= 4 is 17.3 Å². The lowest BCUT2D eigenvalue weighted by Crippen LogP contribution is -2.13. The average Bonchev–Trinajstić information content (AvgIpc) is 3.01. The zero-order valence-corrected chi connectivity index (χ0v) is 12.4. The number of ether oxygens (including phenoxy) is 1. The van der Waals surface area contributed by atoms with E-state index in [4.69, 9.17) is 10.5 Å². The van der Waals surface area contributed by atoms with E-state index in [1.807, 2.05) is 24.3 Å². The van der Waals surface area contributed by atoms with Gasteiger partial charge in [-0.3, -0.25) is 4.79 Å². The Labute approximate surface area is 130 Å². The molecule has 0 unspecified atom stereocenters. The number of anilines is 2. The molecule has 0 radical (unpaired) electrons. The quantitative estimate of drug-likeness (QED) is 0.842. The van der Waals surface area contributed by atoms with Crippen LogP contribution in [0.2, 0.25) is 0 Å². The van der Waals surface area contributed by atoms with Crippen molar-refractivity contribution in [3.8, 4) is 5.75 Å². The molecule has 0 aliphatic heterocycles. The van der Waals surface area contributed by atoms with Crippen molar-refractivity contribution in [3.63, 3.8) is 0 Å². The summed E-state index contributed by atoms with van der Waals surface area (Å²) in [7, 11) is 0. The molecule has 0 heterocycles. The van der Waals surface area contributed by atoms with E-state index in [0.717, 1.165) is 24.3 Å². The Morgan fingerprint density at radius 1 is 1.09 bits per heavy atom. The van der Waals surface area contributed by atoms with Gasteiger partial charge in [-0.1, -0.05) is 6.07 Å². The number of benzene rings is 2. The van der Waals surface area contributed by atoms with Crippen LogP contribution in [0, 0.1) is 0 Å². The summed E-state index contributed by atoms with van der Waals surface area (Å²) in [6, 6.07) is 14.4. The molecule has 2 aromatic rings. The Morgan fingerprint density at radius 3 is 2.55 bits per heavy atom.